The number of rotatable bonds is 5. The van der Waals surface area contributed by atoms with Crippen molar-refractivity contribution in [2.45, 2.75) is 39.3 Å². The van der Waals surface area contributed by atoms with E-state index in [0.29, 0.717) is 34.2 Å². The number of aromatic nitrogens is 1. The molecule has 2 aliphatic heterocycles. The number of ketones is 1. The zero-order valence-corrected chi connectivity index (χ0v) is 24.6. The number of ether oxygens (including phenoxy) is 2. The van der Waals surface area contributed by atoms with Crippen molar-refractivity contribution in [3.63, 3.8) is 0 Å². The van der Waals surface area contributed by atoms with Gasteiger partial charge in [-0.1, -0.05) is 47.7 Å². The summed E-state index contributed by atoms with van der Waals surface area (Å²) in [6, 6.07) is 25.1. The van der Waals surface area contributed by atoms with Crippen LogP contribution in [-0.4, -0.2) is 27.9 Å². The number of aliphatic hydroxyl groups excluding tert-OH is 1. The molecule has 1 fully saturated rings. The molecule has 2 aliphatic rings. The fourth-order valence-corrected chi connectivity index (χ4v) is 7.07. The van der Waals surface area contributed by atoms with Crippen LogP contribution in [0.25, 0.3) is 16.0 Å². The Labute approximate surface area is 252 Å². The molecule has 0 radical (unpaired) electrons. The van der Waals surface area contributed by atoms with E-state index in [4.69, 9.17) is 14.5 Å². The van der Waals surface area contributed by atoms with Crippen LogP contribution in [0.2, 0.25) is 0 Å². The first-order valence-electron chi connectivity index (χ1n) is 14.1. The second kappa shape index (κ2) is 10.4. The molecular formula is C35H28N2O5S. The van der Waals surface area contributed by atoms with Crippen LogP contribution in [0.5, 0.6) is 17.2 Å². The third-order valence-electron chi connectivity index (χ3n) is 7.79. The summed E-state index contributed by atoms with van der Waals surface area (Å²) < 4.78 is 12.8. The Hall–Kier alpha value is -4.95. The van der Waals surface area contributed by atoms with Crippen molar-refractivity contribution in [2.75, 3.05) is 4.90 Å². The zero-order valence-electron chi connectivity index (χ0n) is 23.8. The van der Waals surface area contributed by atoms with Crippen molar-refractivity contribution in [2.24, 2.45) is 0 Å². The molecule has 0 spiro atoms. The summed E-state index contributed by atoms with van der Waals surface area (Å²) in [6.45, 7) is 5.97. The molecule has 214 valence electrons. The van der Waals surface area contributed by atoms with Crippen LogP contribution < -0.4 is 14.4 Å². The number of hydrogen-bond acceptors (Lipinski definition) is 7. The minimum Gasteiger partial charge on any atom is -0.507 e. The summed E-state index contributed by atoms with van der Waals surface area (Å²) >= 11 is 1.35. The lowest BCUT2D eigenvalue weighted by atomic mass is 9.94. The third kappa shape index (κ3) is 4.73. The summed E-state index contributed by atoms with van der Waals surface area (Å²) in [5.74, 6) is 0.193. The van der Waals surface area contributed by atoms with Gasteiger partial charge in [0.25, 0.3) is 5.78 Å². The van der Waals surface area contributed by atoms with Gasteiger partial charge < -0.3 is 14.6 Å². The molecule has 2 atom stereocenters. The molecule has 43 heavy (non-hydrogen) atoms. The van der Waals surface area contributed by atoms with Crippen LogP contribution in [0, 0.1) is 13.8 Å². The normalized spacial score (nSPS) is 19.1. The molecule has 1 aromatic heterocycles. The Balaban J connectivity index is 1.39. The van der Waals surface area contributed by atoms with E-state index >= 15 is 0 Å². The molecule has 0 saturated carbocycles. The first-order chi connectivity index (χ1) is 20.8. The topological polar surface area (TPSA) is 89.0 Å². The SMILES string of the molecule is Cc1cc(C)c2nc(N3C(=O)C(=O)C(=C(O)c4ccc5c(c4)C[C@@H](C)O5)[C@H]3c3cccc(Oc4ccccc4)c3)sc2c1. The summed E-state index contributed by atoms with van der Waals surface area (Å²) in [6.07, 6.45) is 0.717. The molecule has 5 aromatic rings. The quantitative estimate of drug-likeness (QED) is 0.129. The van der Waals surface area contributed by atoms with Crippen molar-refractivity contribution in [1.29, 1.82) is 0 Å². The lowest BCUT2D eigenvalue weighted by molar-refractivity contribution is -0.132. The van der Waals surface area contributed by atoms with Crippen LogP contribution >= 0.6 is 11.3 Å². The van der Waals surface area contributed by atoms with Gasteiger partial charge in [0, 0.05) is 12.0 Å². The summed E-state index contributed by atoms with van der Waals surface area (Å²) in [5, 5.41) is 12.1. The fraction of sp³-hybridized carbons (Fsp3) is 0.171. The molecule has 7 nitrogen and oxygen atoms in total. The third-order valence-corrected chi connectivity index (χ3v) is 8.79. The first-order valence-corrected chi connectivity index (χ1v) is 14.9. The highest BCUT2D eigenvalue weighted by Gasteiger charge is 2.48. The van der Waals surface area contributed by atoms with Crippen molar-refractivity contribution in [3.8, 4) is 17.2 Å². The van der Waals surface area contributed by atoms with Gasteiger partial charge in [0.1, 0.15) is 29.1 Å². The Morgan fingerprint density at radius 1 is 0.977 bits per heavy atom. The number of aryl methyl sites for hydroxylation is 2. The summed E-state index contributed by atoms with van der Waals surface area (Å²) in [7, 11) is 0. The second-order valence-corrected chi connectivity index (χ2v) is 12.0. The highest BCUT2D eigenvalue weighted by atomic mass is 32.1. The number of para-hydroxylation sites is 1. The van der Waals surface area contributed by atoms with E-state index in [0.717, 1.165) is 32.7 Å². The summed E-state index contributed by atoms with van der Waals surface area (Å²) in [5.41, 5.74) is 4.85. The predicted octanol–water partition coefficient (Wildman–Crippen LogP) is 7.66. The van der Waals surface area contributed by atoms with Crippen LogP contribution in [0.4, 0.5) is 5.13 Å². The predicted molar refractivity (Wildman–Crippen MR) is 167 cm³/mol. The zero-order chi connectivity index (χ0) is 29.8. The van der Waals surface area contributed by atoms with E-state index in [1.807, 2.05) is 87.5 Å². The average molecular weight is 589 g/mol. The fourth-order valence-electron chi connectivity index (χ4n) is 5.90. The first kappa shape index (κ1) is 26.9. The smallest absolute Gasteiger partial charge is 0.301 e. The standard InChI is InChI=1S/C35H28N2O5S/c1-19-14-20(2)30-28(15-19)43-35(36-30)37-31(22-8-7-11-26(18-22)42-25-9-5-4-6-10-25)29(33(39)34(37)40)32(38)23-12-13-27-24(17-23)16-21(3)41-27/h4-15,17-18,21,31,38H,16H2,1-3H3/t21-,31-/m1/s1. The van der Waals surface area contributed by atoms with Gasteiger partial charge in [0.05, 0.1) is 21.8 Å². The maximum Gasteiger partial charge on any atom is 0.301 e. The van der Waals surface area contributed by atoms with Crippen molar-refractivity contribution in [1.82, 2.24) is 4.98 Å². The lowest BCUT2D eigenvalue weighted by Crippen LogP contribution is -2.29. The van der Waals surface area contributed by atoms with Crippen LogP contribution in [0.15, 0.2) is 90.5 Å². The molecule has 0 unspecified atom stereocenters. The molecule has 8 heteroatoms. The Kier molecular flexibility index (Phi) is 6.51. The van der Waals surface area contributed by atoms with E-state index in [2.05, 4.69) is 0 Å². The van der Waals surface area contributed by atoms with Gasteiger partial charge in [-0.25, -0.2) is 4.98 Å². The van der Waals surface area contributed by atoms with Gasteiger partial charge in [-0.2, -0.15) is 0 Å². The number of hydrogen-bond donors (Lipinski definition) is 1. The minimum absolute atomic E-state index is 0.000864. The van der Waals surface area contributed by atoms with Crippen LogP contribution in [-0.2, 0) is 16.0 Å². The highest BCUT2D eigenvalue weighted by molar-refractivity contribution is 7.22. The van der Waals surface area contributed by atoms with E-state index in [9.17, 15) is 14.7 Å². The minimum atomic E-state index is -0.926. The lowest BCUT2D eigenvalue weighted by Gasteiger charge is -2.23. The van der Waals surface area contributed by atoms with E-state index in [1.165, 1.54) is 16.2 Å². The molecule has 0 aliphatic carbocycles. The van der Waals surface area contributed by atoms with Gasteiger partial charge in [-0.05, 0) is 91.6 Å². The largest absolute Gasteiger partial charge is 0.507 e. The number of fused-ring (bicyclic) bond motifs is 2. The number of amides is 1. The average Bonchev–Trinajstić information content (AvgIpc) is 3.66. The van der Waals surface area contributed by atoms with Gasteiger partial charge in [0.15, 0.2) is 5.13 Å². The molecule has 3 heterocycles. The molecule has 1 saturated heterocycles. The molecule has 1 N–H and O–H groups in total. The number of aliphatic hydroxyl groups is 1. The van der Waals surface area contributed by atoms with Crippen LogP contribution in [0.3, 0.4) is 0 Å². The van der Waals surface area contributed by atoms with Crippen molar-refractivity contribution < 1.29 is 24.2 Å². The number of nitrogens with zero attached hydrogens (tertiary/aromatic N) is 2. The molecule has 4 aromatic carbocycles. The van der Waals surface area contributed by atoms with E-state index in [1.54, 1.807) is 18.2 Å². The number of thiazole rings is 1. The Morgan fingerprint density at radius 2 is 1.77 bits per heavy atom. The van der Waals surface area contributed by atoms with E-state index < -0.39 is 17.7 Å². The van der Waals surface area contributed by atoms with Crippen LogP contribution in [0.1, 0.15) is 40.8 Å². The number of Topliss-reactive ketones (excluding diaryl/α,β-unsaturated/α-hetero) is 1. The molecule has 0 bridgehead atoms. The number of anilines is 1. The van der Waals surface area contributed by atoms with E-state index in [-0.39, 0.29) is 17.4 Å². The Morgan fingerprint density at radius 3 is 2.58 bits per heavy atom. The number of carbonyl (C=O) groups is 2. The van der Waals surface area contributed by atoms with Crippen molar-refractivity contribution >= 4 is 44.1 Å². The number of benzene rings is 4. The number of carbonyl (C=O) groups excluding carboxylic acids is 2. The van der Waals surface area contributed by atoms with Gasteiger partial charge in [-0.15, -0.1) is 0 Å². The Bertz CT molecular complexity index is 1960. The molecule has 1 amide bonds. The maximum absolute atomic E-state index is 13.8. The molecule has 7 rings (SSSR count). The maximum atomic E-state index is 13.8. The van der Waals surface area contributed by atoms with Crippen molar-refractivity contribution in [3.05, 3.63) is 118 Å². The second-order valence-electron chi connectivity index (χ2n) is 11.0. The summed E-state index contributed by atoms with van der Waals surface area (Å²) in [4.78, 5) is 33.9. The van der Waals surface area contributed by atoms with Gasteiger partial charge >= 0.3 is 5.91 Å². The highest BCUT2D eigenvalue weighted by Crippen LogP contribution is 2.46. The molecular weight excluding hydrogens is 560 g/mol. The van der Waals surface area contributed by atoms with Gasteiger partial charge in [-0.3, -0.25) is 14.5 Å². The van der Waals surface area contributed by atoms with Gasteiger partial charge in [0.2, 0.25) is 0 Å². The monoisotopic (exact) mass is 588 g/mol.